The van der Waals surface area contributed by atoms with Crippen molar-refractivity contribution >= 4 is 12.1 Å². The van der Waals surface area contributed by atoms with E-state index in [2.05, 4.69) is 27.2 Å². The van der Waals surface area contributed by atoms with Gasteiger partial charge in [-0.25, -0.2) is 5.43 Å². The van der Waals surface area contributed by atoms with Crippen molar-refractivity contribution in [1.29, 1.82) is 5.26 Å². The van der Waals surface area contributed by atoms with Crippen LogP contribution in [0, 0.1) is 25.2 Å². The number of hydrogen-bond acceptors (Lipinski definition) is 5. The normalized spacial score (nSPS) is 10.6. The number of rotatable bonds is 7. The summed E-state index contributed by atoms with van der Waals surface area (Å²) < 4.78 is 12.7. The van der Waals surface area contributed by atoms with Crippen LogP contribution in [0.25, 0.3) is 5.69 Å². The van der Waals surface area contributed by atoms with Gasteiger partial charge in [-0.1, -0.05) is 0 Å². The summed E-state index contributed by atoms with van der Waals surface area (Å²) in [5.74, 6) is 0.639. The second kappa shape index (κ2) is 9.43. The van der Waals surface area contributed by atoms with Crippen LogP contribution in [0.15, 0.2) is 59.7 Å². The van der Waals surface area contributed by atoms with Crippen LogP contribution in [0.5, 0.6) is 11.5 Å². The van der Waals surface area contributed by atoms with Crippen LogP contribution in [0.1, 0.15) is 27.3 Å². The summed E-state index contributed by atoms with van der Waals surface area (Å²) in [4.78, 5) is 12.4. The van der Waals surface area contributed by atoms with Crippen molar-refractivity contribution in [2.24, 2.45) is 5.10 Å². The molecule has 0 aliphatic heterocycles. The predicted octanol–water partition coefficient (Wildman–Crippen LogP) is 3.77. The Morgan fingerprint density at radius 3 is 2.43 bits per heavy atom. The van der Waals surface area contributed by atoms with Crippen molar-refractivity contribution in [3.05, 3.63) is 77.1 Å². The minimum Gasteiger partial charge on any atom is -0.493 e. The molecule has 0 fully saturated rings. The second-order valence-electron chi connectivity index (χ2n) is 6.55. The number of nitrogens with one attached hydrogen (secondary N) is 1. The van der Waals surface area contributed by atoms with Gasteiger partial charge in [-0.3, -0.25) is 4.79 Å². The van der Waals surface area contributed by atoms with Gasteiger partial charge in [0, 0.05) is 22.6 Å². The average molecular weight is 402 g/mol. The molecule has 0 spiro atoms. The van der Waals surface area contributed by atoms with Crippen molar-refractivity contribution in [2.75, 3.05) is 13.7 Å². The number of aryl methyl sites for hydroxylation is 2. The lowest BCUT2D eigenvalue weighted by atomic mass is 10.2. The molecule has 1 heterocycles. The lowest BCUT2D eigenvalue weighted by molar-refractivity contribution is 0.0955. The summed E-state index contributed by atoms with van der Waals surface area (Å²) >= 11 is 0. The van der Waals surface area contributed by atoms with Gasteiger partial charge in [0.1, 0.15) is 6.07 Å². The van der Waals surface area contributed by atoms with Crippen molar-refractivity contribution in [2.45, 2.75) is 13.8 Å². The summed E-state index contributed by atoms with van der Waals surface area (Å²) in [5, 5.41) is 12.6. The molecule has 0 saturated heterocycles. The Morgan fingerprint density at radius 2 is 1.80 bits per heavy atom. The zero-order valence-electron chi connectivity index (χ0n) is 17.0. The Bertz CT molecular complexity index is 1090. The van der Waals surface area contributed by atoms with E-state index in [1.807, 2.05) is 32.0 Å². The number of hydrazone groups is 1. The molecular formula is C23H22N4O3. The SMILES string of the molecule is COc1cc(/C=N/NC(=O)c2ccc(-n3c(C)ccc3C)cc2)ccc1OCC#N. The molecule has 0 unspecified atom stereocenters. The second-order valence-corrected chi connectivity index (χ2v) is 6.55. The summed E-state index contributed by atoms with van der Waals surface area (Å²) in [6, 6.07) is 18.5. The molecule has 152 valence electrons. The van der Waals surface area contributed by atoms with Gasteiger partial charge in [0.2, 0.25) is 0 Å². The lowest BCUT2D eigenvalue weighted by Crippen LogP contribution is -2.17. The van der Waals surface area contributed by atoms with E-state index in [1.54, 1.807) is 30.3 Å². The van der Waals surface area contributed by atoms with Gasteiger partial charge in [-0.15, -0.1) is 0 Å². The Hall–Kier alpha value is -4.05. The molecule has 0 bridgehead atoms. The number of carbonyl (C=O) groups is 1. The third-order valence-corrected chi connectivity index (χ3v) is 4.52. The van der Waals surface area contributed by atoms with Gasteiger partial charge in [-0.05, 0) is 74.0 Å². The Kier molecular flexibility index (Phi) is 6.50. The van der Waals surface area contributed by atoms with Crippen LogP contribution in [0.4, 0.5) is 0 Å². The van der Waals surface area contributed by atoms with E-state index in [1.165, 1.54) is 13.3 Å². The van der Waals surface area contributed by atoms with E-state index in [4.69, 9.17) is 14.7 Å². The molecular weight excluding hydrogens is 380 g/mol. The fourth-order valence-electron chi connectivity index (χ4n) is 3.06. The quantitative estimate of drug-likeness (QED) is 0.481. The van der Waals surface area contributed by atoms with Gasteiger partial charge in [-0.2, -0.15) is 10.4 Å². The molecule has 30 heavy (non-hydrogen) atoms. The highest BCUT2D eigenvalue weighted by Crippen LogP contribution is 2.27. The lowest BCUT2D eigenvalue weighted by Gasteiger charge is -2.10. The van der Waals surface area contributed by atoms with E-state index in [-0.39, 0.29) is 12.5 Å². The van der Waals surface area contributed by atoms with Crippen LogP contribution in [-0.4, -0.2) is 30.4 Å². The largest absolute Gasteiger partial charge is 0.493 e. The average Bonchev–Trinajstić information content (AvgIpc) is 3.10. The number of methoxy groups -OCH3 is 1. The molecule has 3 rings (SSSR count). The molecule has 0 radical (unpaired) electrons. The Labute approximate surface area is 175 Å². The maximum absolute atomic E-state index is 12.4. The highest BCUT2D eigenvalue weighted by atomic mass is 16.5. The zero-order valence-corrected chi connectivity index (χ0v) is 17.0. The number of amides is 1. The van der Waals surface area contributed by atoms with Gasteiger partial charge < -0.3 is 14.0 Å². The van der Waals surface area contributed by atoms with Crippen molar-refractivity contribution < 1.29 is 14.3 Å². The first-order valence-electron chi connectivity index (χ1n) is 9.30. The molecule has 7 nitrogen and oxygen atoms in total. The summed E-state index contributed by atoms with van der Waals surface area (Å²) in [6.45, 7) is 4.02. The first kappa shape index (κ1) is 20.7. The van der Waals surface area contributed by atoms with E-state index >= 15 is 0 Å². The molecule has 1 N–H and O–H groups in total. The first-order valence-corrected chi connectivity index (χ1v) is 9.30. The fraction of sp³-hybridized carbons (Fsp3) is 0.174. The van der Waals surface area contributed by atoms with Crippen LogP contribution < -0.4 is 14.9 Å². The van der Waals surface area contributed by atoms with Crippen LogP contribution >= 0.6 is 0 Å². The fourth-order valence-corrected chi connectivity index (χ4v) is 3.06. The predicted molar refractivity (Wildman–Crippen MR) is 114 cm³/mol. The highest BCUT2D eigenvalue weighted by molar-refractivity contribution is 5.95. The third-order valence-electron chi connectivity index (χ3n) is 4.52. The first-order chi connectivity index (χ1) is 14.5. The van der Waals surface area contributed by atoms with E-state index in [0.717, 1.165) is 17.1 Å². The molecule has 2 aromatic carbocycles. The summed E-state index contributed by atoms with van der Waals surface area (Å²) in [7, 11) is 1.51. The summed E-state index contributed by atoms with van der Waals surface area (Å²) in [6.07, 6.45) is 1.51. The number of nitrogens with zero attached hydrogens (tertiary/aromatic N) is 3. The maximum atomic E-state index is 12.4. The number of carbonyl (C=O) groups excluding carboxylic acids is 1. The van der Waals surface area contributed by atoms with Crippen molar-refractivity contribution in [3.63, 3.8) is 0 Å². The summed E-state index contributed by atoms with van der Waals surface area (Å²) in [5.41, 5.74) is 7.01. The standard InChI is InChI=1S/C23H22N4O3/c1-16-4-5-17(2)27(16)20-9-7-19(8-10-20)23(28)26-25-15-18-6-11-21(30-13-12-24)22(14-18)29-3/h4-11,14-15H,13H2,1-3H3,(H,26,28)/b25-15+. The van der Waals surface area contributed by atoms with Gasteiger partial charge in [0.15, 0.2) is 18.1 Å². The van der Waals surface area contributed by atoms with Crippen molar-refractivity contribution in [1.82, 2.24) is 9.99 Å². The van der Waals surface area contributed by atoms with E-state index in [9.17, 15) is 4.79 Å². The molecule has 0 aliphatic carbocycles. The smallest absolute Gasteiger partial charge is 0.271 e. The molecule has 0 saturated carbocycles. The van der Waals surface area contributed by atoms with E-state index < -0.39 is 0 Å². The number of benzene rings is 2. The van der Waals surface area contributed by atoms with Crippen LogP contribution in [-0.2, 0) is 0 Å². The van der Waals surface area contributed by atoms with Gasteiger partial charge in [0.25, 0.3) is 5.91 Å². The van der Waals surface area contributed by atoms with Gasteiger partial charge >= 0.3 is 0 Å². The molecule has 0 aliphatic rings. The third kappa shape index (κ3) is 4.67. The molecule has 1 aromatic heterocycles. The number of nitriles is 1. The Balaban J connectivity index is 1.65. The molecule has 1 amide bonds. The highest BCUT2D eigenvalue weighted by Gasteiger charge is 2.08. The molecule has 3 aromatic rings. The number of aromatic nitrogens is 1. The van der Waals surface area contributed by atoms with Crippen molar-refractivity contribution in [3.8, 4) is 23.3 Å². The zero-order chi connectivity index (χ0) is 21.5. The monoisotopic (exact) mass is 402 g/mol. The molecule has 0 atom stereocenters. The van der Waals surface area contributed by atoms with Crippen LogP contribution in [0.3, 0.4) is 0 Å². The molecule has 7 heteroatoms. The Morgan fingerprint density at radius 1 is 1.10 bits per heavy atom. The maximum Gasteiger partial charge on any atom is 0.271 e. The minimum atomic E-state index is -0.306. The minimum absolute atomic E-state index is 0.0673. The number of hydrogen-bond donors (Lipinski definition) is 1. The topological polar surface area (TPSA) is 88.6 Å². The number of ether oxygens (including phenoxy) is 2. The van der Waals surface area contributed by atoms with E-state index in [0.29, 0.717) is 22.6 Å². The van der Waals surface area contributed by atoms with Gasteiger partial charge in [0.05, 0.1) is 13.3 Å². The van der Waals surface area contributed by atoms with Crippen LogP contribution in [0.2, 0.25) is 0 Å².